The number of amides is 1. The zero-order valence-corrected chi connectivity index (χ0v) is 18.2. The van der Waals surface area contributed by atoms with E-state index in [1.165, 1.54) is 16.9 Å². The third-order valence-electron chi connectivity index (χ3n) is 5.16. The van der Waals surface area contributed by atoms with E-state index in [0.717, 1.165) is 22.5 Å². The Morgan fingerprint density at radius 2 is 1.78 bits per heavy atom. The summed E-state index contributed by atoms with van der Waals surface area (Å²) in [6, 6.07) is 22.7. The lowest BCUT2D eigenvalue weighted by molar-refractivity contribution is -0.117. The third kappa shape index (κ3) is 4.29. The van der Waals surface area contributed by atoms with E-state index >= 15 is 0 Å². The molecule has 4 aromatic rings. The molecule has 0 spiro atoms. The van der Waals surface area contributed by atoms with Crippen LogP contribution in [-0.2, 0) is 4.79 Å². The number of benzene rings is 3. The Morgan fingerprint density at radius 3 is 2.59 bits per heavy atom. The molecule has 3 aromatic carbocycles. The number of rotatable bonds is 6. The number of fused-ring (bicyclic) bond motifs is 1. The van der Waals surface area contributed by atoms with E-state index in [2.05, 4.69) is 15.6 Å². The summed E-state index contributed by atoms with van der Waals surface area (Å²) in [5.74, 6) is 1.16. The van der Waals surface area contributed by atoms with Crippen molar-refractivity contribution in [2.24, 2.45) is 0 Å². The van der Waals surface area contributed by atoms with Gasteiger partial charge < -0.3 is 14.8 Å². The molecule has 0 radical (unpaired) electrons. The smallest absolute Gasteiger partial charge is 0.253 e. The monoisotopic (exact) mass is 443 g/mol. The number of ether oxygens (including phenoxy) is 2. The summed E-state index contributed by atoms with van der Waals surface area (Å²) in [5, 5.41) is 8.79. The fraction of sp³-hybridized carbons (Fsp3) is 0.120. The number of anilines is 2. The number of nitrogens with one attached hydrogen (secondary N) is 2. The number of aromatic nitrogens is 1. The van der Waals surface area contributed by atoms with Gasteiger partial charge in [0.1, 0.15) is 6.04 Å². The van der Waals surface area contributed by atoms with Gasteiger partial charge in [0.05, 0.1) is 5.69 Å². The predicted molar refractivity (Wildman–Crippen MR) is 126 cm³/mol. The number of hydrogen-bond donors (Lipinski definition) is 2. The van der Waals surface area contributed by atoms with E-state index in [1.54, 1.807) is 0 Å². The van der Waals surface area contributed by atoms with Crippen molar-refractivity contribution in [1.82, 2.24) is 4.98 Å². The molecular weight excluding hydrogens is 422 g/mol. The highest BCUT2D eigenvalue weighted by Gasteiger charge is 2.23. The first-order valence-corrected chi connectivity index (χ1v) is 11.1. The van der Waals surface area contributed by atoms with Gasteiger partial charge in [-0.15, -0.1) is 11.3 Å². The summed E-state index contributed by atoms with van der Waals surface area (Å²) in [6.45, 7) is 2.25. The van der Waals surface area contributed by atoms with Gasteiger partial charge in [-0.05, 0) is 24.6 Å². The number of aryl methyl sites for hydroxylation is 1. The fourth-order valence-electron chi connectivity index (χ4n) is 3.46. The van der Waals surface area contributed by atoms with Crippen LogP contribution in [-0.4, -0.2) is 17.7 Å². The maximum absolute atomic E-state index is 13.3. The summed E-state index contributed by atoms with van der Waals surface area (Å²) in [7, 11) is 0. The predicted octanol–water partition coefficient (Wildman–Crippen LogP) is 5.64. The van der Waals surface area contributed by atoms with Crippen LogP contribution in [0.5, 0.6) is 11.5 Å². The summed E-state index contributed by atoms with van der Waals surface area (Å²) < 4.78 is 10.8. The minimum Gasteiger partial charge on any atom is -0.454 e. The van der Waals surface area contributed by atoms with Gasteiger partial charge in [0.15, 0.2) is 16.6 Å². The van der Waals surface area contributed by atoms with Crippen LogP contribution in [0.3, 0.4) is 0 Å². The molecule has 0 unspecified atom stereocenters. The van der Waals surface area contributed by atoms with Crippen molar-refractivity contribution >= 4 is 28.1 Å². The lowest BCUT2D eigenvalue weighted by Gasteiger charge is -2.19. The van der Waals surface area contributed by atoms with Gasteiger partial charge >= 0.3 is 0 Å². The molecule has 1 amide bonds. The lowest BCUT2D eigenvalue weighted by Crippen LogP contribution is -2.27. The average Bonchev–Trinajstić information content (AvgIpc) is 3.48. The van der Waals surface area contributed by atoms with E-state index in [1.807, 2.05) is 85.1 Å². The maximum atomic E-state index is 13.3. The van der Waals surface area contributed by atoms with Crippen molar-refractivity contribution < 1.29 is 14.3 Å². The van der Waals surface area contributed by atoms with Crippen molar-refractivity contribution in [2.45, 2.75) is 13.0 Å². The molecule has 2 N–H and O–H groups in total. The summed E-state index contributed by atoms with van der Waals surface area (Å²) >= 11 is 1.40. The van der Waals surface area contributed by atoms with Gasteiger partial charge in [-0.2, -0.15) is 0 Å². The van der Waals surface area contributed by atoms with E-state index < -0.39 is 6.04 Å². The van der Waals surface area contributed by atoms with Crippen molar-refractivity contribution in [1.29, 1.82) is 0 Å². The van der Waals surface area contributed by atoms with Crippen LogP contribution in [0.1, 0.15) is 17.2 Å². The molecule has 6 nitrogen and oxygen atoms in total. The SMILES string of the molecule is Cc1ccc(-c2csc(NC(=O)[C@@H](Nc3ccc4c(c3)OCO4)c3ccccc3)n2)cc1. The van der Waals surface area contributed by atoms with Crippen LogP contribution in [0.2, 0.25) is 0 Å². The van der Waals surface area contributed by atoms with Gasteiger partial charge in [-0.25, -0.2) is 4.98 Å². The van der Waals surface area contributed by atoms with E-state index in [0.29, 0.717) is 16.6 Å². The zero-order chi connectivity index (χ0) is 21.9. The molecule has 1 aromatic heterocycles. The van der Waals surface area contributed by atoms with Gasteiger partial charge in [0.25, 0.3) is 5.91 Å². The van der Waals surface area contributed by atoms with Gasteiger partial charge in [0, 0.05) is 22.7 Å². The molecule has 0 aliphatic carbocycles. The molecule has 32 heavy (non-hydrogen) atoms. The quantitative estimate of drug-likeness (QED) is 0.404. The number of nitrogens with zero attached hydrogens (tertiary/aromatic N) is 1. The van der Waals surface area contributed by atoms with E-state index in [-0.39, 0.29) is 12.7 Å². The van der Waals surface area contributed by atoms with Crippen LogP contribution >= 0.6 is 11.3 Å². The molecule has 2 heterocycles. The van der Waals surface area contributed by atoms with Crippen LogP contribution < -0.4 is 20.1 Å². The van der Waals surface area contributed by atoms with Crippen molar-refractivity contribution in [3.05, 3.63) is 89.3 Å². The molecule has 1 aliphatic heterocycles. The molecule has 1 aliphatic rings. The first-order valence-electron chi connectivity index (χ1n) is 10.2. The normalized spacial score (nSPS) is 12.9. The van der Waals surface area contributed by atoms with Crippen molar-refractivity contribution in [2.75, 3.05) is 17.4 Å². The van der Waals surface area contributed by atoms with Gasteiger partial charge in [0.2, 0.25) is 6.79 Å². The Morgan fingerprint density at radius 1 is 1.00 bits per heavy atom. The maximum Gasteiger partial charge on any atom is 0.253 e. The van der Waals surface area contributed by atoms with Gasteiger partial charge in [-0.1, -0.05) is 60.2 Å². The molecule has 7 heteroatoms. The molecule has 0 fully saturated rings. The molecule has 160 valence electrons. The first-order chi connectivity index (χ1) is 15.7. The molecule has 1 atom stereocenters. The standard InChI is InChI=1S/C25H21N3O3S/c1-16-7-9-17(10-8-16)20-14-32-25(27-20)28-24(29)23(18-5-3-2-4-6-18)26-19-11-12-21-22(13-19)31-15-30-21/h2-14,23,26H,15H2,1H3,(H,27,28,29)/t23-/m0/s1. The van der Waals surface area contributed by atoms with Crippen LogP contribution in [0, 0.1) is 6.92 Å². The van der Waals surface area contributed by atoms with Crippen molar-refractivity contribution in [3.63, 3.8) is 0 Å². The summed E-state index contributed by atoms with van der Waals surface area (Å²) in [4.78, 5) is 17.9. The second-order valence-corrected chi connectivity index (χ2v) is 8.31. The van der Waals surface area contributed by atoms with E-state index in [9.17, 15) is 4.79 Å². The second kappa shape index (κ2) is 8.72. The molecule has 0 saturated heterocycles. The highest BCUT2D eigenvalue weighted by Crippen LogP contribution is 2.35. The Bertz CT molecular complexity index is 1240. The Kier molecular flexibility index (Phi) is 5.47. The Labute approximate surface area is 189 Å². The molecule has 0 bridgehead atoms. The number of carbonyl (C=O) groups is 1. The Balaban J connectivity index is 1.37. The Hall–Kier alpha value is -3.84. The molecule has 0 saturated carbocycles. The minimum absolute atomic E-state index is 0.196. The molecule has 5 rings (SSSR count). The second-order valence-electron chi connectivity index (χ2n) is 7.45. The largest absolute Gasteiger partial charge is 0.454 e. The number of hydrogen-bond acceptors (Lipinski definition) is 6. The highest BCUT2D eigenvalue weighted by molar-refractivity contribution is 7.14. The van der Waals surface area contributed by atoms with Gasteiger partial charge in [-0.3, -0.25) is 10.1 Å². The lowest BCUT2D eigenvalue weighted by atomic mass is 10.1. The van der Waals surface area contributed by atoms with Crippen LogP contribution in [0.15, 0.2) is 78.2 Å². The zero-order valence-electron chi connectivity index (χ0n) is 17.4. The van der Waals surface area contributed by atoms with Crippen LogP contribution in [0.4, 0.5) is 10.8 Å². The van der Waals surface area contributed by atoms with E-state index in [4.69, 9.17) is 9.47 Å². The number of carbonyl (C=O) groups excluding carboxylic acids is 1. The molecular formula is C25H21N3O3S. The third-order valence-corrected chi connectivity index (χ3v) is 5.92. The highest BCUT2D eigenvalue weighted by atomic mass is 32.1. The first kappa shape index (κ1) is 20.1. The summed E-state index contributed by atoms with van der Waals surface area (Å²) in [6.07, 6.45) is 0. The fourth-order valence-corrected chi connectivity index (χ4v) is 4.19. The summed E-state index contributed by atoms with van der Waals surface area (Å²) in [5.41, 5.74) is 4.66. The van der Waals surface area contributed by atoms with Crippen molar-refractivity contribution in [3.8, 4) is 22.8 Å². The topological polar surface area (TPSA) is 72.5 Å². The minimum atomic E-state index is -0.608. The van der Waals surface area contributed by atoms with Crippen LogP contribution in [0.25, 0.3) is 11.3 Å². The average molecular weight is 444 g/mol. The number of thiazole rings is 1.